The zero-order chi connectivity index (χ0) is 19.7. The normalized spacial score (nSPS) is 13.5. The standard InChI is InChI=1S/C23H21NO2S2/c1-15(17-12-11-16-7-3-4-8-18(16)13-17)24-23(25)22-20(14-28(2)26)19-9-5-6-10-21(19)27-22/h3-13,15H,14H2,1-2H3,(H,24,25)/t15-,28+/m1/s1. The van der Waals surface area contributed by atoms with E-state index in [-0.39, 0.29) is 11.9 Å². The molecule has 2 atom stereocenters. The van der Waals surface area contributed by atoms with Crippen molar-refractivity contribution in [3.63, 3.8) is 0 Å². The van der Waals surface area contributed by atoms with Crippen LogP contribution in [0, 0.1) is 0 Å². The molecule has 28 heavy (non-hydrogen) atoms. The van der Waals surface area contributed by atoms with Crippen LogP contribution < -0.4 is 5.32 Å². The van der Waals surface area contributed by atoms with Crippen molar-refractivity contribution in [3.8, 4) is 0 Å². The Labute approximate surface area is 170 Å². The van der Waals surface area contributed by atoms with Gasteiger partial charge in [0.2, 0.25) is 0 Å². The Balaban J connectivity index is 1.64. The van der Waals surface area contributed by atoms with Gasteiger partial charge >= 0.3 is 0 Å². The highest BCUT2D eigenvalue weighted by atomic mass is 32.2. The second-order valence-electron chi connectivity index (χ2n) is 6.93. The number of carbonyl (C=O) groups excluding carboxylic acids is 1. The van der Waals surface area contributed by atoms with Crippen LogP contribution in [-0.4, -0.2) is 16.4 Å². The van der Waals surface area contributed by atoms with Crippen LogP contribution in [0.25, 0.3) is 20.9 Å². The number of benzene rings is 3. The minimum atomic E-state index is -1.02. The summed E-state index contributed by atoms with van der Waals surface area (Å²) in [5.41, 5.74) is 1.94. The smallest absolute Gasteiger partial charge is 0.262 e. The number of hydrogen-bond acceptors (Lipinski definition) is 3. The van der Waals surface area contributed by atoms with E-state index < -0.39 is 10.8 Å². The van der Waals surface area contributed by atoms with E-state index >= 15 is 0 Å². The fourth-order valence-electron chi connectivity index (χ4n) is 3.45. The van der Waals surface area contributed by atoms with E-state index in [1.165, 1.54) is 16.7 Å². The average Bonchev–Trinajstić information content (AvgIpc) is 3.05. The van der Waals surface area contributed by atoms with Gasteiger partial charge in [-0.05, 0) is 46.3 Å². The second-order valence-corrected chi connectivity index (χ2v) is 9.41. The third kappa shape index (κ3) is 3.73. The van der Waals surface area contributed by atoms with Gasteiger partial charge < -0.3 is 5.32 Å². The van der Waals surface area contributed by atoms with E-state index in [0.29, 0.717) is 10.6 Å². The lowest BCUT2D eigenvalue weighted by molar-refractivity contribution is 0.0943. The van der Waals surface area contributed by atoms with Gasteiger partial charge in [-0.15, -0.1) is 11.3 Å². The predicted octanol–water partition coefficient (Wildman–Crippen LogP) is 5.42. The number of rotatable bonds is 5. The molecule has 0 spiro atoms. The first-order valence-electron chi connectivity index (χ1n) is 9.13. The Morgan fingerprint density at radius 2 is 1.75 bits per heavy atom. The van der Waals surface area contributed by atoms with Gasteiger partial charge in [0.1, 0.15) is 0 Å². The number of amides is 1. The number of nitrogens with one attached hydrogen (secondary N) is 1. The molecule has 0 aliphatic rings. The summed E-state index contributed by atoms with van der Waals surface area (Å²) in [7, 11) is -1.02. The minimum absolute atomic E-state index is 0.109. The van der Waals surface area contributed by atoms with Crippen molar-refractivity contribution in [2.45, 2.75) is 18.7 Å². The van der Waals surface area contributed by atoms with Crippen LogP contribution in [0.4, 0.5) is 0 Å². The SMILES string of the molecule is C[C@@H](NC(=O)c1sc2ccccc2c1C[S@](C)=O)c1ccc2ccccc2c1. The number of carbonyl (C=O) groups is 1. The van der Waals surface area contributed by atoms with E-state index in [2.05, 4.69) is 35.6 Å². The van der Waals surface area contributed by atoms with Crippen LogP contribution in [0.5, 0.6) is 0 Å². The quantitative estimate of drug-likeness (QED) is 0.480. The first kappa shape index (κ1) is 18.8. The van der Waals surface area contributed by atoms with Crippen molar-refractivity contribution in [1.82, 2.24) is 5.32 Å². The summed E-state index contributed by atoms with van der Waals surface area (Å²) in [5.74, 6) is 0.277. The first-order valence-corrected chi connectivity index (χ1v) is 11.7. The predicted molar refractivity (Wildman–Crippen MR) is 119 cm³/mol. The van der Waals surface area contributed by atoms with Crippen LogP contribution in [0.1, 0.15) is 33.8 Å². The molecular weight excluding hydrogens is 386 g/mol. The highest BCUT2D eigenvalue weighted by Crippen LogP contribution is 2.32. The lowest BCUT2D eigenvalue weighted by Crippen LogP contribution is -2.26. The average molecular weight is 408 g/mol. The number of hydrogen-bond donors (Lipinski definition) is 1. The molecule has 4 aromatic rings. The zero-order valence-electron chi connectivity index (χ0n) is 15.8. The molecular formula is C23H21NO2S2. The Hall–Kier alpha value is -2.50. The Bertz CT molecular complexity index is 1200. The van der Waals surface area contributed by atoms with Crippen molar-refractivity contribution in [1.29, 1.82) is 0 Å². The summed E-state index contributed by atoms with van der Waals surface area (Å²) in [4.78, 5) is 13.7. The lowest BCUT2D eigenvalue weighted by Gasteiger charge is -2.15. The van der Waals surface area contributed by atoms with Crippen LogP contribution in [-0.2, 0) is 16.6 Å². The van der Waals surface area contributed by atoms with Crippen LogP contribution in [0.3, 0.4) is 0 Å². The molecule has 0 radical (unpaired) electrons. The molecule has 142 valence electrons. The maximum Gasteiger partial charge on any atom is 0.262 e. The Morgan fingerprint density at radius 1 is 1.04 bits per heavy atom. The van der Waals surface area contributed by atoms with Gasteiger partial charge in [0.05, 0.1) is 16.7 Å². The molecule has 1 amide bonds. The molecule has 1 N–H and O–H groups in total. The number of thiophene rings is 1. The molecule has 4 rings (SSSR count). The van der Waals surface area contributed by atoms with E-state index in [0.717, 1.165) is 26.6 Å². The Morgan fingerprint density at radius 3 is 2.54 bits per heavy atom. The lowest BCUT2D eigenvalue weighted by atomic mass is 10.0. The van der Waals surface area contributed by atoms with Gasteiger partial charge in [-0.3, -0.25) is 9.00 Å². The molecule has 0 aliphatic heterocycles. The molecule has 0 saturated heterocycles. The molecule has 1 aromatic heterocycles. The molecule has 5 heteroatoms. The van der Waals surface area contributed by atoms with Crippen molar-refractivity contribution >= 4 is 48.9 Å². The number of fused-ring (bicyclic) bond motifs is 2. The summed E-state index contributed by atoms with van der Waals surface area (Å²) < 4.78 is 12.9. The molecule has 0 bridgehead atoms. The molecule has 3 aromatic carbocycles. The zero-order valence-corrected chi connectivity index (χ0v) is 17.4. The molecule has 0 unspecified atom stereocenters. The fraction of sp³-hybridized carbons (Fsp3) is 0.174. The van der Waals surface area contributed by atoms with Gasteiger partial charge in [0, 0.05) is 21.8 Å². The maximum atomic E-state index is 13.1. The summed E-state index contributed by atoms with van der Waals surface area (Å²) in [6.07, 6.45) is 1.67. The van der Waals surface area contributed by atoms with Crippen LogP contribution in [0.2, 0.25) is 0 Å². The maximum absolute atomic E-state index is 13.1. The molecule has 1 heterocycles. The highest BCUT2D eigenvalue weighted by molar-refractivity contribution is 7.83. The fourth-order valence-corrected chi connectivity index (χ4v) is 5.37. The summed E-state index contributed by atoms with van der Waals surface area (Å²) in [5, 5.41) is 6.48. The van der Waals surface area contributed by atoms with Crippen molar-refractivity contribution in [2.24, 2.45) is 0 Å². The molecule has 0 fully saturated rings. The van der Waals surface area contributed by atoms with Crippen LogP contribution in [0.15, 0.2) is 66.7 Å². The van der Waals surface area contributed by atoms with Crippen LogP contribution >= 0.6 is 11.3 Å². The van der Waals surface area contributed by atoms with Gasteiger partial charge in [0.25, 0.3) is 5.91 Å². The summed E-state index contributed by atoms with van der Waals surface area (Å²) in [6.45, 7) is 1.99. The Kier molecular flexibility index (Phi) is 5.29. The van der Waals surface area contributed by atoms with E-state index in [4.69, 9.17) is 0 Å². The largest absolute Gasteiger partial charge is 0.345 e. The van der Waals surface area contributed by atoms with E-state index in [9.17, 15) is 9.00 Å². The highest BCUT2D eigenvalue weighted by Gasteiger charge is 2.21. The van der Waals surface area contributed by atoms with Gasteiger partial charge in [-0.1, -0.05) is 54.6 Å². The second kappa shape index (κ2) is 7.86. The summed E-state index contributed by atoms with van der Waals surface area (Å²) in [6, 6.07) is 22.3. The third-order valence-corrected chi connectivity index (χ3v) is 6.78. The van der Waals surface area contributed by atoms with Crippen molar-refractivity contribution < 1.29 is 9.00 Å². The molecule has 3 nitrogen and oxygen atoms in total. The minimum Gasteiger partial charge on any atom is -0.345 e. The first-order chi connectivity index (χ1) is 13.5. The monoisotopic (exact) mass is 407 g/mol. The van der Waals surface area contributed by atoms with E-state index in [1.54, 1.807) is 6.26 Å². The molecule has 0 saturated carbocycles. The van der Waals surface area contributed by atoms with Gasteiger partial charge in [0.15, 0.2) is 0 Å². The van der Waals surface area contributed by atoms with Crippen molar-refractivity contribution in [3.05, 3.63) is 82.7 Å². The van der Waals surface area contributed by atoms with Gasteiger partial charge in [-0.2, -0.15) is 0 Å². The molecule has 0 aliphatic carbocycles. The summed E-state index contributed by atoms with van der Waals surface area (Å²) >= 11 is 1.47. The topological polar surface area (TPSA) is 46.2 Å². The third-order valence-electron chi connectivity index (χ3n) is 4.87. The van der Waals surface area contributed by atoms with Crippen molar-refractivity contribution in [2.75, 3.05) is 6.26 Å². The van der Waals surface area contributed by atoms with Gasteiger partial charge in [-0.25, -0.2) is 0 Å². The van der Waals surface area contributed by atoms with E-state index in [1.807, 2.05) is 43.3 Å².